The molecule has 0 atom stereocenters. The lowest BCUT2D eigenvalue weighted by atomic mass is 10.3. The minimum atomic E-state index is -4.59. The molecule has 6 aromatic rings. The molecular formula is C26H17Cl3F6N10S. The molecule has 6 heterocycles. The van der Waals surface area contributed by atoms with Gasteiger partial charge in [0.2, 0.25) is 0 Å². The Morgan fingerprint density at radius 2 is 1.11 bits per heavy atom. The van der Waals surface area contributed by atoms with Crippen molar-refractivity contribution >= 4 is 68.9 Å². The third kappa shape index (κ3) is 6.82. The molecule has 20 heteroatoms. The molecule has 0 N–H and O–H groups in total. The van der Waals surface area contributed by atoms with Gasteiger partial charge in [-0.15, -0.1) is 32.2 Å². The maximum Gasteiger partial charge on any atom is 0.435 e. The van der Waals surface area contributed by atoms with E-state index in [0.717, 1.165) is 22.8 Å². The summed E-state index contributed by atoms with van der Waals surface area (Å²) in [4.78, 5) is 17.5. The van der Waals surface area contributed by atoms with Crippen LogP contribution in [0.3, 0.4) is 0 Å². The summed E-state index contributed by atoms with van der Waals surface area (Å²) in [7, 11) is 3.22. The number of pyridine rings is 2. The van der Waals surface area contributed by atoms with Crippen molar-refractivity contribution in [1.82, 2.24) is 49.5 Å². The van der Waals surface area contributed by atoms with Gasteiger partial charge in [-0.1, -0.05) is 41.7 Å². The van der Waals surface area contributed by atoms with E-state index in [4.69, 9.17) is 34.8 Å². The standard InChI is InChI=1S/C14H11ClF3N5S.C12H6Cl2F3N5/c1-3-24-8-4-5-10(15)20-11(8)13-19-7-6-9(14(16,17)18)21-22-12(7)23(13)2;1-22-10-6(4-7(20-21-10)12(15,16)17)18-11(22)9-5(13)2-3-8(14)19-9/h4-6H,3H2,1-2H3;2-4H,1H3. The lowest BCUT2D eigenvalue weighted by Crippen LogP contribution is -2.09. The minimum absolute atomic E-state index is 0.0395. The van der Waals surface area contributed by atoms with E-state index in [1.807, 2.05) is 13.0 Å². The van der Waals surface area contributed by atoms with Gasteiger partial charge in [-0.05, 0) is 30.0 Å². The molecule has 0 amide bonds. The number of aryl methyl sites for hydroxylation is 2. The molecule has 46 heavy (non-hydrogen) atoms. The van der Waals surface area contributed by atoms with Gasteiger partial charge in [0.1, 0.15) is 32.7 Å². The highest BCUT2D eigenvalue weighted by Crippen LogP contribution is 2.34. The van der Waals surface area contributed by atoms with Crippen LogP contribution in [0.15, 0.2) is 41.3 Å². The molecule has 0 aromatic carbocycles. The van der Waals surface area contributed by atoms with Gasteiger partial charge in [0, 0.05) is 31.1 Å². The van der Waals surface area contributed by atoms with Crippen LogP contribution in [-0.2, 0) is 26.4 Å². The van der Waals surface area contributed by atoms with Crippen molar-refractivity contribution in [3.63, 3.8) is 0 Å². The number of alkyl halides is 6. The first-order chi connectivity index (χ1) is 21.6. The molecule has 0 aliphatic rings. The maximum absolute atomic E-state index is 12.8. The van der Waals surface area contributed by atoms with E-state index in [2.05, 4.69) is 40.3 Å². The molecule has 0 unspecified atom stereocenters. The van der Waals surface area contributed by atoms with E-state index in [-0.39, 0.29) is 49.2 Å². The molecule has 0 radical (unpaired) electrons. The number of hydrogen-bond donors (Lipinski definition) is 0. The second kappa shape index (κ2) is 12.8. The zero-order chi connectivity index (χ0) is 33.6. The van der Waals surface area contributed by atoms with Crippen molar-refractivity contribution in [3.8, 4) is 23.0 Å². The van der Waals surface area contributed by atoms with Crippen LogP contribution >= 0.6 is 46.6 Å². The second-order valence-corrected chi connectivity index (χ2v) is 11.7. The summed E-state index contributed by atoms with van der Waals surface area (Å²) in [6.45, 7) is 1.99. The van der Waals surface area contributed by atoms with Crippen LogP contribution in [0.1, 0.15) is 18.3 Å². The summed E-state index contributed by atoms with van der Waals surface area (Å²) in [5.41, 5.74) is -0.877. The summed E-state index contributed by atoms with van der Waals surface area (Å²) in [5, 5.41) is 14.4. The van der Waals surface area contributed by atoms with Gasteiger partial charge >= 0.3 is 12.4 Å². The highest BCUT2D eigenvalue weighted by atomic mass is 35.5. The largest absolute Gasteiger partial charge is 0.435 e. The second-order valence-electron chi connectivity index (χ2n) is 9.24. The third-order valence-corrected chi connectivity index (χ3v) is 7.83. The number of aromatic nitrogens is 10. The number of nitrogens with zero attached hydrogens (tertiary/aromatic N) is 10. The van der Waals surface area contributed by atoms with Crippen LogP contribution in [0, 0.1) is 0 Å². The average molecular weight is 722 g/mol. The first kappa shape index (κ1) is 33.6. The Balaban J connectivity index is 0.000000182. The van der Waals surface area contributed by atoms with E-state index in [1.165, 1.54) is 16.7 Å². The predicted octanol–water partition coefficient (Wildman–Crippen LogP) is 7.96. The van der Waals surface area contributed by atoms with E-state index < -0.39 is 23.7 Å². The van der Waals surface area contributed by atoms with Gasteiger partial charge in [0.25, 0.3) is 0 Å². The minimum Gasteiger partial charge on any atom is -0.309 e. The van der Waals surface area contributed by atoms with Crippen molar-refractivity contribution in [3.05, 3.63) is 63.1 Å². The lowest BCUT2D eigenvalue weighted by molar-refractivity contribution is -0.142. The predicted molar refractivity (Wildman–Crippen MR) is 161 cm³/mol. The zero-order valence-electron chi connectivity index (χ0n) is 23.5. The number of fused-ring (bicyclic) bond motifs is 2. The number of thioether (sulfide) groups is 1. The number of halogens is 9. The maximum atomic E-state index is 12.8. The van der Waals surface area contributed by atoms with E-state index >= 15 is 0 Å². The quantitative estimate of drug-likeness (QED) is 0.102. The molecule has 240 valence electrons. The Morgan fingerprint density at radius 3 is 1.59 bits per heavy atom. The topological polar surface area (TPSA) is 113 Å². The monoisotopic (exact) mass is 720 g/mol. The summed E-state index contributed by atoms with van der Waals surface area (Å²) in [6.07, 6.45) is -9.17. The van der Waals surface area contributed by atoms with Crippen molar-refractivity contribution in [1.29, 1.82) is 0 Å². The van der Waals surface area contributed by atoms with Gasteiger partial charge in [-0.25, -0.2) is 19.9 Å². The van der Waals surface area contributed by atoms with Gasteiger partial charge in [-0.2, -0.15) is 26.3 Å². The van der Waals surface area contributed by atoms with E-state index in [9.17, 15) is 26.3 Å². The van der Waals surface area contributed by atoms with Crippen molar-refractivity contribution in [2.75, 3.05) is 5.75 Å². The number of hydrogen-bond acceptors (Lipinski definition) is 9. The van der Waals surface area contributed by atoms with Crippen LogP contribution in [-0.4, -0.2) is 55.2 Å². The molecule has 10 nitrogen and oxygen atoms in total. The Morgan fingerprint density at radius 1 is 0.652 bits per heavy atom. The lowest BCUT2D eigenvalue weighted by Gasteiger charge is -2.07. The van der Waals surface area contributed by atoms with Crippen molar-refractivity contribution in [2.45, 2.75) is 24.2 Å². The van der Waals surface area contributed by atoms with Crippen LogP contribution in [0.4, 0.5) is 26.3 Å². The number of rotatable bonds is 4. The molecule has 6 aromatic heterocycles. The highest BCUT2D eigenvalue weighted by Gasteiger charge is 2.35. The summed E-state index contributed by atoms with van der Waals surface area (Å²) < 4.78 is 79.4. The third-order valence-electron chi connectivity index (χ3n) is 6.17. The fourth-order valence-electron chi connectivity index (χ4n) is 4.10. The average Bonchev–Trinajstić information content (AvgIpc) is 3.50. The smallest absolute Gasteiger partial charge is 0.309 e. The van der Waals surface area contributed by atoms with Crippen LogP contribution < -0.4 is 0 Å². The fraction of sp³-hybridized carbons (Fsp3) is 0.231. The molecule has 6 rings (SSSR count). The highest BCUT2D eigenvalue weighted by molar-refractivity contribution is 7.99. The molecule has 0 saturated heterocycles. The Labute approximate surface area is 274 Å². The Hall–Kier alpha value is -3.80. The first-order valence-corrected chi connectivity index (χ1v) is 14.9. The SMILES string of the molecule is CCSc1ccc(Cl)nc1-c1nc2cc(C(F)(F)F)nnc2n1C.Cn1c(-c2nc(Cl)ccc2Cl)nc2cc(C(F)(F)F)nnc21. The van der Waals surface area contributed by atoms with Gasteiger partial charge in [-0.3, -0.25) is 0 Å². The molecule has 0 bridgehead atoms. The summed E-state index contributed by atoms with van der Waals surface area (Å²) in [6, 6.07) is 8.20. The van der Waals surface area contributed by atoms with Gasteiger partial charge in [0.05, 0.1) is 5.02 Å². The van der Waals surface area contributed by atoms with Gasteiger partial charge < -0.3 is 9.13 Å². The molecule has 0 fully saturated rings. The molecule has 0 spiro atoms. The van der Waals surface area contributed by atoms with Gasteiger partial charge in [0.15, 0.2) is 34.3 Å². The van der Waals surface area contributed by atoms with Crippen LogP contribution in [0.25, 0.3) is 45.4 Å². The summed E-state index contributed by atoms with van der Waals surface area (Å²) in [5.74, 6) is 1.44. The van der Waals surface area contributed by atoms with Crippen molar-refractivity contribution < 1.29 is 26.3 Å². The molecule has 0 aliphatic heterocycles. The van der Waals surface area contributed by atoms with E-state index in [1.54, 1.807) is 36.5 Å². The summed E-state index contributed by atoms with van der Waals surface area (Å²) >= 11 is 19.4. The molecule has 0 saturated carbocycles. The number of imidazole rings is 2. The normalized spacial score (nSPS) is 12.1. The van der Waals surface area contributed by atoms with E-state index in [0.29, 0.717) is 11.5 Å². The molecule has 0 aliphatic carbocycles. The fourth-order valence-corrected chi connectivity index (χ4v) is 5.34. The first-order valence-electron chi connectivity index (χ1n) is 12.7. The zero-order valence-corrected chi connectivity index (χ0v) is 26.5. The molecular weight excluding hydrogens is 705 g/mol. The van der Waals surface area contributed by atoms with Crippen LogP contribution in [0.5, 0.6) is 0 Å². The Bertz CT molecular complexity index is 2080. The van der Waals surface area contributed by atoms with Crippen LogP contribution in [0.2, 0.25) is 15.3 Å². The Kier molecular flexibility index (Phi) is 9.32. The van der Waals surface area contributed by atoms with Crippen molar-refractivity contribution in [2.24, 2.45) is 14.1 Å².